The monoisotopic (exact) mass is 386 g/mol. The molecule has 0 spiro atoms. The molecule has 4 rings (SSSR count). The number of thiocarbonyl (C=S) groups is 1. The number of fused-ring (bicyclic) bond motifs is 2. The van der Waals surface area contributed by atoms with Gasteiger partial charge in [-0.2, -0.15) is 0 Å². The molecule has 0 radical (unpaired) electrons. The molecule has 1 saturated carbocycles. The van der Waals surface area contributed by atoms with Crippen LogP contribution in [-0.4, -0.2) is 29.3 Å². The molecule has 3 aliphatic rings. The Morgan fingerprint density at radius 1 is 0.926 bits per heavy atom. The summed E-state index contributed by atoms with van der Waals surface area (Å²) in [5, 5.41) is 7.84. The SMILES string of the molecule is CCc1ccc(NC(=S)NC2C[C@H]3CCC[C@@H](C2)[NH+]3C2CCCCC2)cc1. The second-order valence-corrected chi connectivity index (χ2v) is 9.39. The first-order valence-corrected chi connectivity index (χ1v) is 11.7. The molecular formula is C23H36N3S+. The summed E-state index contributed by atoms with van der Waals surface area (Å²) in [4.78, 5) is 1.98. The van der Waals surface area contributed by atoms with Gasteiger partial charge in [0.25, 0.3) is 0 Å². The third kappa shape index (κ3) is 4.65. The van der Waals surface area contributed by atoms with Crippen LogP contribution < -0.4 is 15.5 Å². The van der Waals surface area contributed by atoms with Gasteiger partial charge in [0.05, 0.1) is 18.1 Å². The Balaban J connectivity index is 1.33. The fourth-order valence-corrected chi connectivity index (χ4v) is 6.25. The number of hydrogen-bond acceptors (Lipinski definition) is 1. The second-order valence-electron chi connectivity index (χ2n) is 8.98. The zero-order valence-electron chi connectivity index (χ0n) is 16.8. The normalized spacial score (nSPS) is 31.3. The number of quaternary nitrogens is 1. The van der Waals surface area contributed by atoms with E-state index in [1.807, 2.05) is 4.90 Å². The number of aryl methyl sites for hydroxylation is 1. The van der Waals surface area contributed by atoms with Gasteiger partial charge in [0.2, 0.25) is 0 Å². The maximum Gasteiger partial charge on any atom is 0.171 e. The van der Waals surface area contributed by atoms with E-state index in [2.05, 4.69) is 41.8 Å². The summed E-state index contributed by atoms with van der Waals surface area (Å²) in [5.41, 5.74) is 2.46. The Kier molecular flexibility index (Phi) is 6.34. The first-order valence-electron chi connectivity index (χ1n) is 11.3. The molecule has 4 heteroatoms. The highest BCUT2D eigenvalue weighted by molar-refractivity contribution is 7.80. The molecule has 1 aromatic rings. The van der Waals surface area contributed by atoms with Crippen LogP contribution >= 0.6 is 12.2 Å². The van der Waals surface area contributed by atoms with Crippen LogP contribution in [0.15, 0.2) is 24.3 Å². The Bertz CT molecular complexity index is 609. The van der Waals surface area contributed by atoms with Crippen LogP contribution in [0.3, 0.4) is 0 Å². The van der Waals surface area contributed by atoms with Crippen LogP contribution in [0.2, 0.25) is 0 Å². The summed E-state index contributed by atoms with van der Waals surface area (Å²) in [5.74, 6) is 0. The van der Waals surface area contributed by atoms with E-state index in [1.54, 1.807) is 0 Å². The minimum atomic E-state index is 0.544. The van der Waals surface area contributed by atoms with Crippen LogP contribution in [0.1, 0.15) is 76.7 Å². The summed E-state index contributed by atoms with van der Waals surface area (Å²) in [6, 6.07) is 11.8. The molecule has 2 unspecified atom stereocenters. The van der Waals surface area contributed by atoms with Crippen molar-refractivity contribution in [2.24, 2.45) is 0 Å². The number of rotatable bonds is 4. The molecule has 0 amide bonds. The van der Waals surface area contributed by atoms with E-state index in [-0.39, 0.29) is 0 Å². The van der Waals surface area contributed by atoms with Gasteiger partial charge in [0, 0.05) is 24.6 Å². The van der Waals surface area contributed by atoms with Crippen LogP contribution in [0.5, 0.6) is 0 Å². The quantitative estimate of drug-likeness (QED) is 0.687. The molecule has 2 aliphatic heterocycles. The highest BCUT2D eigenvalue weighted by Crippen LogP contribution is 2.26. The highest BCUT2D eigenvalue weighted by atomic mass is 32.1. The molecule has 2 heterocycles. The predicted molar refractivity (Wildman–Crippen MR) is 117 cm³/mol. The lowest BCUT2D eigenvalue weighted by Gasteiger charge is -2.50. The van der Waals surface area contributed by atoms with Crippen molar-refractivity contribution in [3.63, 3.8) is 0 Å². The van der Waals surface area contributed by atoms with Crippen molar-refractivity contribution in [2.75, 3.05) is 5.32 Å². The highest BCUT2D eigenvalue weighted by Gasteiger charge is 2.45. The zero-order chi connectivity index (χ0) is 18.6. The van der Waals surface area contributed by atoms with Crippen molar-refractivity contribution in [2.45, 2.75) is 102 Å². The molecule has 2 bridgehead atoms. The maximum absolute atomic E-state index is 5.64. The lowest BCUT2D eigenvalue weighted by atomic mass is 9.78. The minimum absolute atomic E-state index is 0.544. The third-order valence-electron chi connectivity index (χ3n) is 7.22. The van der Waals surface area contributed by atoms with Crippen molar-refractivity contribution >= 4 is 23.0 Å². The average Bonchev–Trinajstić information content (AvgIpc) is 2.68. The van der Waals surface area contributed by atoms with E-state index in [4.69, 9.17) is 12.2 Å². The summed E-state index contributed by atoms with van der Waals surface area (Å²) in [7, 11) is 0. The van der Waals surface area contributed by atoms with E-state index in [0.717, 1.165) is 35.3 Å². The van der Waals surface area contributed by atoms with Gasteiger partial charge in [-0.05, 0) is 81.3 Å². The average molecular weight is 387 g/mol. The number of nitrogens with one attached hydrogen (secondary N) is 3. The second kappa shape index (κ2) is 8.91. The summed E-state index contributed by atoms with van der Waals surface area (Å²) >= 11 is 5.64. The Labute approximate surface area is 170 Å². The van der Waals surface area contributed by atoms with Gasteiger partial charge >= 0.3 is 0 Å². The van der Waals surface area contributed by atoms with Gasteiger partial charge in [-0.3, -0.25) is 0 Å². The zero-order valence-corrected chi connectivity index (χ0v) is 17.6. The third-order valence-corrected chi connectivity index (χ3v) is 7.44. The van der Waals surface area contributed by atoms with Crippen molar-refractivity contribution in [3.05, 3.63) is 29.8 Å². The van der Waals surface area contributed by atoms with Gasteiger partial charge in [-0.15, -0.1) is 0 Å². The molecule has 1 aromatic carbocycles. The molecule has 3 fully saturated rings. The summed E-state index contributed by atoms with van der Waals surface area (Å²) < 4.78 is 0. The van der Waals surface area contributed by atoms with Crippen LogP contribution in [0, 0.1) is 0 Å². The van der Waals surface area contributed by atoms with Crippen molar-refractivity contribution < 1.29 is 4.90 Å². The van der Waals surface area contributed by atoms with E-state index in [1.165, 1.54) is 69.8 Å². The van der Waals surface area contributed by atoms with Gasteiger partial charge in [-0.25, -0.2) is 0 Å². The number of hydrogen-bond donors (Lipinski definition) is 3. The molecule has 1 aliphatic carbocycles. The first-order chi connectivity index (χ1) is 13.2. The molecule has 4 atom stereocenters. The van der Waals surface area contributed by atoms with Crippen molar-refractivity contribution in [1.29, 1.82) is 0 Å². The summed E-state index contributed by atoms with van der Waals surface area (Å²) in [6.07, 6.45) is 15.2. The van der Waals surface area contributed by atoms with E-state index in [0.29, 0.717) is 6.04 Å². The maximum atomic E-state index is 5.64. The standard InChI is InChI=1S/C23H35N3S/c1-2-17-11-13-18(14-12-17)24-23(27)25-19-15-21-9-6-10-22(16-19)26(21)20-7-4-3-5-8-20/h11-14,19-22H,2-10,15-16H2,1H3,(H2,24,25,27)/p+1/t19?,21-,22+. The Morgan fingerprint density at radius 3 is 2.19 bits per heavy atom. The molecule has 3 nitrogen and oxygen atoms in total. The van der Waals surface area contributed by atoms with Crippen molar-refractivity contribution in [1.82, 2.24) is 5.32 Å². The van der Waals surface area contributed by atoms with E-state index >= 15 is 0 Å². The van der Waals surface area contributed by atoms with Gasteiger partial charge < -0.3 is 15.5 Å². The lowest BCUT2D eigenvalue weighted by molar-refractivity contribution is -0.984. The van der Waals surface area contributed by atoms with Crippen molar-refractivity contribution in [3.8, 4) is 0 Å². The predicted octanol–water partition coefficient (Wildman–Crippen LogP) is 3.84. The first kappa shape index (κ1) is 19.2. The molecule has 148 valence electrons. The topological polar surface area (TPSA) is 28.5 Å². The molecular weight excluding hydrogens is 350 g/mol. The Hall–Kier alpha value is -1.13. The molecule has 2 saturated heterocycles. The molecule has 27 heavy (non-hydrogen) atoms. The van der Waals surface area contributed by atoms with E-state index < -0.39 is 0 Å². The van der Waals surface area contributed by atoms with Crippen LogP contribution in [-0.2, 0) is 6.42 Å². The minimum Gasteiger partial charge on any atom is -0.359 e. The fourth-order valence-electron chi connectivity index (χ4n) is 5.97. The van der Waals surface area contributed by atoms with Crippen LogP contribution in [0.25, 0.3) is 0 Å². The van der Waals surface area contributed by atoms with E-state index in [9.17, 15) is 0 Å². The van der Waals surface area contributed by atoms with Gasteiger partial charge in [0.15, 0.2) is 5.11 Å². The molecule has 0 aromatic heterocycles. The summed E-state index contributed by atoms with van der Waals surface area (Å²) in [6.45, 7) is 2.19. The van der Waals surface area contributed by atoms with Gasteiger partial charge in [-0.1, -0.05) is 25.5 Å². The number of benzene rings is 1. The number of piperidine rings is 2. The van der Waals surface area contributed by atoms with Crippen LogP contribution in [0.4, 0.5) is 5.69 Å². The fraction of sp³-hybridized carbons (Fsp3) is 0.696. The van der Waals surface area contributed by atoms with Gasteiger partial charge in [0.1, 0.15) is 0 Å². The molecule has 3 N–H and O–H groups in total. The number of anilines is 1. The smallest absolute Gasteiger partial charge is 0.171 e. The Morgan fingerprint density at radius 2 is 1.56 bits per heavy atom. The lowest BCUT2D eigenvalue weighted by Crippen LogP contribution is -3.24. The largest absolute Gasteiger partial charge is 0.359 e.